The first-order chi connectivity index (χ1) is 16.6. The highest BCUT2D eigenvalue weighted by molar-refractivity contribution is 5.68. The molecule has 1 saturated heterocycles. The Morgan fingerprint density at radius 2 is 1.79 bits per heavy atom. The molecule has 3 aromatic rings. The molecule has 180 valence electrons. The maximum Gasteiger partial charge on any atom is 0.225 e. The summed E-state index contributed by atoms with van der Waals surface area (Å²) in [4.78, 5) is 21.2. The standard InChI is InChI=1S/C26H34N6O2/c1-6-20-24(19-11-10-18(33-5)14-17(19)4)29-21(7-2)25(30-20)31-22-15-32(16-23(22)34-8-3)26-27-12-9-13-28-26/h9-14,22-23H,6-8,15-16H2,1-5H3,(H,30,31)/t22-,23-/m1/s1. The lowest BCUT2D eigenvalue weighted by molar-refractivity contribution is 0.0719. The second kappa shape index (κ2) is 10.8. The minimum Gasteiger partial charge on any atom is -0.497 e. The van der Waals surface area contributed by atoms with Crippen molar-refractivity contribution in [2.45, 2.75) is 52.7 Å². The summed E-state index contributed by atoms with van der Waals surface area (Å²) < 4.78 is 11.5. The van der Waals surface area contributed by atoms with Gasteiger partial charge in [-0.15, -0.1) is 0 Å². The molecule has 3 heterocycles. The van der Waals surface area contributed by atoms with Crippen LogP contribution in [0.15, 0.2) is 36.7 Å². The van der Waals surface area contributed by atoms with E-state index in [0.717, 1.165) is 71.7 Å². The van der Waals surface area contributed by atoms with Crippen molar-refractivity contribution in [2.75, 3.05) is 37.0 Å². The lowest BCUT2D eigenvalue weighted by Gasteiger charge is -2.22. The van der Waals surface area contributed by atoms with Crippen LogP contribution in [0.25, 0.3) is 11.3 Å². The number of hydrogen-bond acceptors (Lipinski definition) is 8. The molecule has 2 aromatic heterocycles. The zero-order valence-corrected chi connectivity index (χ0v) is 20.7. The molecule has 0 aliphatic carbocycles. The third-order valence-corrected chi connectivity index (χ3v) is 6.20. The number of aryl methyl sites for hydroxylation is 3. The monoisotopic (exact) mass is 462 g/mol. The van der Waals surface area contributed by atoms with Gasteiger partial charge in [0, 0.05) is 37.7 Å². The number of nitrogens with zero attached hydrogens (tertiary/aromatic N) is 5. The molecule has 8 nitrogen and oxygen atoms in total. The lowest BCUT2D eigenvalue weighted by atomic mass is 10.0. The van der Waals surface area contributed by atoms with Gasteiger partial charge >= 0.3 is 0 Å². The lowest BCUT2D eigenvalue weighted by Crippen LogP contribution is -2.35. The molecule has 1 aliphatic rings. The van der Waals surface area contributed by atoms with Crippen molar-refractivity contribution in [1.82, 2.24) is 19.9 Å². The van der Waals surface area contributed by atoms with E-state index in [1.807, 2.05) is 25.1 Å². The number of hydrogen-bond donors (Lipinski definition) is 1. The molecule has 1 fully saturated rings. The van der Waals surface area contributed by atoms with Crippen molar-refractivity contribution in [3.05, 3.63) is 53.6 Å². The first-order valence-electron chi connectivity index (χ1n) is 12.0. The molecular formula is C26H34N6O2. The summed E-state index contributed by atoms with van der Waals surface area (Å²) in [5.74, 6) is 2.40. The molecule has 4 rings (SSSR count). The highest BCUT2D eigenvalue weighted by Gasteiger charge is 2.35. The van der Waals surface area contributed by atoms with Crippen LogP contribution in [-0.2, 0) is 17.6 Å². The number of aromatic nitrogens is 4. The summed E-state index contributed by atoms with van der Waals surface area (Å²) in [5.41, 5.74) is 5.08. The Labute approximate surface area is 201 Å². The first-order valence-corrected chi connectivity index (χ1v) is 12.0. The summed E-state index contributed by atoms with van der Waals surface area (Å²) in [6.07, 6.45) is 5.11. The molecule has 0 saturated carbocycles. The quantitative estimate of drug-likeness (QED) is 0.509. The van der Waals surface area contributed by atoms with E-state index in [0.29, 0.717) is 6.61 Å². The van der Waals surface area contributed by atoms with Gasteiger partial charge in [-0.25, -0.2) is 19.9 Å². The predicted octanol–water partition coefficient (Wildman–Crippen LogP) is 4.08. The predicted molar refractivity (Wildman–Crippen MR) is 135 cm³/mol. The summed E-state index contributed by atoms with van der Waals surface area (Å²) >= 11 is 0. The Hall–Kier alpha value is -3.26. The van der Waals surface area contributed by atoms with Crippen LogP contribution in [0.3, 0.4) is 0 Å². The van der Waals surface area contributed by atoms with Gasteiger partial charge in [0.2, 0.25) is 5.95 Å². The van der Waals surface area contributed by atoms with E-state index in [1.165, 1.54) is 0 Å². The SMILES string of the molecule is CCO[C@@H]1CN(c2ncccn2)C[C@H]1Nc1nc(CC)c(-c2ccc(OC)cc2C)nc1CC. The molecule has 0 spiro atoms. The third kappa shape index (κ3) is 4.97. The fourth-order valence-electron chi connectivity index (χ4n) is 4.45. The Bertz CT molecular complexity index is 1110. The zero-order valence-electron chi connectivity index (χ0n) is 20.7. The summed E-state index contributed by atoms with van der Waals surface area (Å²) in [5, 5.41) is 3.67. The van der Waals surface area contributed by atoms with E-state index in [9.17, 15) is 0 Å². The molecule has 2 atom stereocenters. The highest BCUT2D eigenvalue weighted by atomic mass is 16.5. The van der Waals surface area contributed by atoms with Gasteiger partial charge in [-0.2, -0.15) is 0 Å². The second-order valence-corrected chi connectivity index (χ2v) is 8.40. The molecule has 1 aliphatic heterocycles. The minimum atomic E-state index is 0.00824. The molecule has 1 aromatic carbocycles. The third-order valence-electron chi connectivity index (χ3n) is 6.20. The average molecular weight is 463 g/mol. The number of benzene rings is 1. The van der Waals surface area contributed by atoms with Crippen LogP contribution in [0.2, 0.25) is 0 Å². The number of methoxy groups -OCH3 is 1. The Morgan fingerprint density at radius 3 is 2.44 bits per heavy atom. The minimum absolute atomic E-state index is 0.00824. The molecular weight excluding hydrogens is 428 g/mol. The van der Waals surface area contributed by atoms with Crippen LogP contribution in [0.1, 0.15) is 37.7 Å². The van der Waals surface area contributed by atoms with Gasteiger partial charge in [0.25, 0.3) is 0 Å². The molecule has 0 amide bonds. The van der Waals surface area contributed by atoms with Crippen LogP contribution < -0.4 is 15.0 Å². The fraction of sp³-hybridized carbons (Fsp3) is 0.462. The van der Waals surface area contributed by atoms with E-state index in [4.69, 9.17) is 19.4 Å². The van der Waals surface area contributed by atoms with Crippen LogP contribution >= 0.6 is 0 Å². The van der Waals surface area contributed by atoms with Gasteiger partial charge in [-0.05, 0) is 56.5 Å². The Balaban J connectivity index is 1.65. The van der Waals surface area contributed by atoms with Crippen molar-refractivity contribution < 1.29 is 9.47 Å². The highest BCUT2D eigenvalue weighted by Crippen LogP contribution is 2.31. The Kier molecular flexibility index (Phi) is 7.57. The Morgan fingerprint density at radius 1 is 1.03 bits per heavy atom. The molecule has 0 unspecified atom stereocenters. The molecule has 8 heteroatoms. The van der Waals surface area contributed by atoms with Crippen molar-refractivity contribution in [3.8, 4) is 17.0 Å². The smallest absolute Gasteiger partial charge is 0.225 e. The van der Waals surface area contributed by atoms with E-state index in [1.54, 1.807) is 19.5 Å². The van der Waals surface area contributed by atoms with Gasteiger partial charge in [-0.1, -0.05) is 13.8 Å². The fourth-order valence-corrected chi connectivity index (χ4v) is 4.45. The van der Waals surface area contributed by atoms with Crippen LogP contribution in [0, 0.1) is 6.92 Å². The summed E-state index contributed by atoms with van der Waals surface area (Å²) in [6.45, 7) is 10.5. The number of nitrogens with one attached hydrogen (secondary N) is 1. The van der Waals surface area contributed by atoms with Gasteiger partial charge < -0.3 is 19.7 Å². The van der Waals surface area contributed by atoms with Crippen molar-refractivity contribution in [3.63, 3.8) is 0 Å². The van der Waals surface area contributed by atoms with E-state index in [2.05, 4.69) is 47.0 Å². The van der Waals surface area contributed by atoms with Crippen LogP contribution in [-0.4, -0.2) is 58.9 Å². The van der Waals surface area contributed by atoms with Crippen molar-refractivity contribution >= 4 is 11.8 Å². The van der Waals surface area contributed by atoms with Crippen molar-refractivity contribution in [1.29, 1.82) is 0 Å². The van der Waals surface area contributed by atoms with Crippen LogP contribution in [0.4, 0.5) is 11.8 Å². The van der Waals surface area contributed by atoms with Gasteiger partial charge in [0.15, 0.2) is 0 Å². The maximum atomic E-state index is 6.08. The van der Waals surface area contributed by atoms with E-state index in [-0.39, 0.29) is 12.1 Å². The molecule has 0 radical (unpaired) electrons. The van der Waals surface area contributed by atoms with Crippen LogP contribution in [0.5, 0.6) is 5.75 Å². The maximum absolute atomic E-state index is 6.08. The van der Waals surface area contributed by atoms with Crippen molar-refractivity contribution in [2.24, 2.45) is 0 Å². The largest absolute Gasteiger partial charge is 0.497 e. The van der Waals surface area contributed by atoms with E-state index < -0.39 is 0 Å². The molecule has 0 bridgehead atoms. The topological polar surface area (TPSA) is 85.3 Å². The average Bonchev–Trinajstić information content (AvgIpc) is 3.26. The summed E-state index contributed by atoms with van der Waals surface area (Å²) in [7, 11) is 1.69. The second-order valence-electron chi connectivity index (χ2n) is 8.40. The van der Waals surface area contributed by atoms with E-state index >= 15 is 0 Å². The van der Waals surface area contributed by atoms with Gasteiger partial charge in [0.05, 0.1) is 36.3 Å². The zero-order chi connectivity index (χ0) is 24.1. The normalized spacial score (nSPS) is 17.7. The molecule has 1 N–H and O–H groups in total. The summed E-state index contributed by atoms with van der Waals surface area (Å²) in [6, 6.07) is 7.98. The number of anilines is 2. The first kappa shape index (κ1) is 23.9. The number of rotatable bonds is 9. The molecule has 34 heavy (non-hydrogen) atoms. The number of ether oxygens (including phenoxy) is 2. The van der Waals surface area contributed by atoms with Gasteiger partial charge in [-0.3, -0.25) is 0 Å². The van der Waals surface area contributed by atoms with Gasteiger partial charge in [0.1, 0.15) is 11.6 Å².